The van der Waals surface area contributed by atoms with Crippen LogP contribution in [0.4, 0.5) is 5.69 Å². The fraction of sp³-hybridized carbons (Fsp3) is 0.0667. The average molecular weight is 352 g/mol. The summed E-state index contributed by atoms with van der Waals surface area (Å²) < 4.78 is 5.05. The Hall–Kier alpha value is -2.44. The van der Waals surface area contributed by atoms with Crippen LogP contribution < -0.4 is 15.7 Å². The van der Waals surface area contributed by atoms with Crippen LogP contribution in [0.5, 0.6) is 5.75 Å². The first-order valence-electron chi connectivity index (χ1n) is 6.54. The largest absolute Gasteiger partial charge is 0.494 e. The highest BCUT2D eigenvalue weighted by Gasteiger charge is 2.14. The molecule has 3 aromatic rings. The number of methoxy groups -OCH3 is 1. The van der Waals surface area contributed by atoms with Crippen molar-refractivity contribution < 1.29 is 9.53 Å². The Morgan fingerprint density at radius 3 is 2.39 bits per heavy atom. The molecule has 0 atom stereocenters. The average Bonchev–Trinajstić information content (AvgIpc) is 2.86. The van der Waals surface area contributed by atoms with Crippen molar-refractivity contribution in [2.45, 2.75) is 0 Å². The molecule has 1 heterocycles. The van der Waals surface area contributed by atoms with Gasteiger partial charge in [-0.15, -0.1) is 0 Å². The number of halogens is 2. The lowest BCUT2D eigenvalue weighted by Gasteiger charge is -2.09. The van der Waals surface area contributed by atoms with Crippen molar-refractivity contribution in [2.75, 3.05) is 12.4 Å². The number of H-pyrrole nitrogens is 2. The number of rotatable bonds is 3. The molecular formula is C15H11Cl2N3O3. The summed E-state index contributed by atoms with van der Waals surface area (Å²) in [4.78, 5) is 28.8. The number of hydrogen-bond acceptors (Lipinski definition) is 3. The van der Waals surface area contributed by atoms with Crippen LogP contribution >= 0.6 is 23.2 Å². The summed E-state index contributed by atoms with van der Waals surface area (Å²) in [5.41, 5.74) is 1.77. The molecular weight excluding hydrogens is 341 g/mol. The Balaban J connectivity index is 1.89. The summed E-state index contributed by atoms with van der Waals surface area (Å²) in [6, 6.07) is 7.96. The first-order valence-corrected chi connectivity index (χ1v) is 7.30. The van der Waals surface area contributed by atoms with E-state index in [1.54, 1.807) is 18.2 Å². The second kappa shape index (κ2) is 5.98. The summed E-state index contributed by atoms with van der Waals surface area (Å²) in [6.07, 6.45) is 0. The van der Waals surface area contributed by atoms with Gasteiger partial charge in [-0.1, -0.05) is 23.2 Å². The third-order valence-corrected chi connectivity index (χ3v) is 3.80. The Labute approximate surface area is 140 Å². The predicted molar refractivity (Wildman–Crippen MR) is 89.9 cm³/mol. The third-order valence-electron chi connectivity index (χ3n) is 3.24. The normalized spacial score (nSPS) is 10.7. The van der Waals surface area contributed by atoms with E-state index in [1.807, 2.05) is 0 Å². The molecule has 118 valence electrons. The number of aromatic amines is 2. The molecule has 0 radical (unpaired) electrons. The maximum absolute atomic E-state index is 12.3. The van der Waals surface area contributed by atoms with Gasteiger partial charge in [0.05, 0.1) is 28.2 Å². The predicted octanol–water partition coefficient (Wildman–Crippen LogP) is 3.42. The number of amides is 1. The van der Waals surface area contributed by atoms with Gasteiger partial charge in [0.15, 0.2) is 5.75 Å². The standard InChI is InChI=1S/C15H11Cl2N3O3/c1-23-13-9(16)4-7(5-10(13)17)14(21)18-8-2-3-11-12(6-8)20-15(22)19-11/h2-6H,1H3,(H,18,21)(H2,19,20,22). The van der Waals surface area contributed by atoms with E-state index in [0.29, 0.717) is 28.0 Å². The van der Waals surface area contributed by atoms with Gasteiger partial charge in [-0.05, 0) is 30.3 Å². The van der Waals surface area contributed by atoms with Crippen LogP contribution in [0.15, 0.2) is 35.1 Å². The molecule has 0 saturated heterocycles. The number of anilines is 1. The fourth-order valence-corrected chi connectivity index (χ4v) is 2.84. The number of benzene rings is 2. The number of aromatic nitrogens is 2. The number of fused-ring (bicyclic) bond motifs is 1. The van der Waals surface area contributed by atoms with Crippen molar-refractivity contribution in [1.82, 2.24) is 9.97 Å². The quantitative estimate of drug-likeness (QED) is 0.675. The van der Waals surface area contributed by atoms with Crippen LogP contribution in [0.1, 0.15) is 10.4 Å². The first kappa shape index (κ1) is 15.5. The highest BCUT2D eigenvalue weighted by atomic mass is 35.5. The summed E-state index contributed by atoms with van der Waals surface area (Å²) >= 11 is 12.1. The zero-order valence-electron chi connectivity index (χ0n) is 11.9. The topological polar surface area (TPSA) is 87.0 Å². The zero-order valence-corrected chi connectivity index (χ0v) is 13.4. The Morgan fingerprint density at radius 2 is 1.74 bits per heavy atom. The molecule has 3 N–H and O–H groups in total. The van der Waals surface area contributed by atoms with E-state index in [4.69, 9.17) is 27.9 Å². The lowest BCUT2D eigenvalue weighted by Crippen LogP contribution is -2.12. The van der Waals surface area contributed by atoms with E-state index in [-0.39, 0.29) is 21.6 Å². The molecule has 0 fully saturated rings. The molecule has 23 heavy (non-hydrogen) atoms. The molecule has 3 rings (SSSR count). The molecule has 0 bridgehead atoms. The van der Waals surface area contributed by atoms with Gasteiger partial charge >= 0.3 is 5.69 Å². The SMILES string of the molecule is COc1c(Cl)cc(C(=O)Nc2ccc3[nH]c(=O)[nH]c3c2)cc1Cl. The molecule has 0 aliphatic heterocycles. The van der Waals surface area contributed by atoms with Gasteiger partial charge in [0.2, 0.25) is 0 Å². The molecule has 2 aromatic carbocycles. The van der Waals surface area contributed by atoms with Gasteiger partial charge in [0.1, 0.15) is 0 Å². The van der Waals surface area contributed by atoms with Crippen LogP contribution in [-0.2, 0) is 0 Å². The van der Waals surface area contributed by atoms with E-state index in [2.05, 4.69) is 15.3 Å². The molecule has 0 aliphatic rings. The molecule has 1 aromatic heterocycles. The minimum atomic E-state index is -0.381. The smallest absolute Gasteiger partial charge is 0.323 e. The molecule has 6 nitrogen and oxygen atoms in total. The van der Waals surface area contributed by atoms with Crippen molar-refractivity contribution >= 4 is 45.8 Å². The van der Waals surface area contributed by atoms with Gasteiger partial charge in [-0.3, -0.25) is 4.79 Å². The molecule has 1 amide bonds. The van der Waals surface area contributed by atoms with Crippen molar-refractivity contribution in [1.29, 1.82) is 0 Å². The monoisotopic (exact) mass is 351 g/mol. The Morgan fingerprint density at radius 1 is 1.09 bits per heavy atom. The number of ether oxygens (including phenoxy) is 1. The number of imidazole rings is 1. The Kier molecular flexibility index (Phi) is 4.02. The van der Waals surface area contributed by atoms with Gasteiger partial charge < -0.3 is 20.0 Å². The number of carbonyl (C=O) groups excluding carboxylic acids is 1. The van der Waals surface area contributed by atoms with Crippen LogP contribution in [0.2, 0.25) is 10.0 Å². The zero-order chi connectivity index (χ0) is 16.6. The van der Waals surface area contributed by atoms with Crippen LogP contribution in [0.25, 0.3) is 11.0 Å². The summed E-state index contributed by atoms with van der Waals surface area (Å²) in [7, 11) is 1.44. The minimum Gasteiger partial charge on any atom is -0.494 e. The molecule has 8 heteroatoms. The number of hydrogen-bond donors (Lipinski definition) is 3. The van der Waals surface area contributed by atoms with E-state index in [0.717, 1.165) is 0 Å². The van der Waals surface area contributed by atoms with Crippen LogP contribution in [0, 0.1) is 0 Å². The second-order valence-electron chi connectivity index (χ2n) is 4.77. The van der Waals surface area contributed by atoms with Gasteiger partial charge in [0.25, 0.3) is 5.91 Å². The number of nitrogens with one attached hydrogen (secondary N) is 3. The second-order valence-corrected chi connectivity index (χ2v) is 5.58. The first-order chi connectivity index (χ1) is 11.0. The number of carbonyl (C=O) groups is 1. The lowest BCUT2D eigenvalue weighted by atomic mass is 10.2. The van der Waals surface area contributed by atoms with Crippen LogP contribution in [-0.4, -0.2) is 23.0 Å². The van der Waals surface area contributed by atoms with Crippen molar-refractivity contribution in [3.8, 4) is 5.75 Å². The van der Waals surface area contributed by atoms with Gasteiger partial charge in [0, 0.05) is 11.3 Å². The van der Waals surface area contributed by atoms with E-state index in [1.165, 1.54) is 19.2 Å². The Bertz CT molecular complexity index is 939. The highest BCUT2D eigenvalue weighted by molar-refractivity contribution is 6.37. The van der Waals surface area contributed by atoms with Gasteiger partial charge in [-0.2, -0.15) is 0 Å². The molecule has 0 aliphatic carbocycles. The molecule has 0 spiro atoms. The summed E-state index contributed by atoms with van der Waals surface area (Å²) in [5.74, 6) is -0.0649. The third kappa shape index (κ3) is 3.04. The maximum Gasteiger partial charge on any atom is 0.323 e. The lowest BCUT2D eigenvalue weighted by molar-refractivity contribution is 0.102. The van der Waals surface area contributed by atoms with E-state index < -0.39 is 0 Å². The maximum atomic E-state index is 12.3. The molecule has 0 saturated carbocycles. The van der Waals surface area contributed by atoms with E-state index >= 15 is 0 Å². The highest BCUT2D eigenvalue weighted by Crippen LogP contribution is 2.34. The molecule has 0 unspecified atom stereocenters. The van der Waals surface area contributed by atoms with Crippen LogP contribution in [0.3, 0.4) is 0 Å². The summed E-state index contributed by atoms with van der Waals surface area (Å²) in [5, 5.41) is 3.21. The minimum absolute atomic E-state index is 0.246. The fourth-order valence-electron chi connectivity index (χ4n) is 2.20. The van der Waals surface area contributed by atoms with E-state index in [9.17, 15) is 9.59 Å². The summed E-state index contributed by atoms with van der Waals surface area (Å²) in [6.45, 7) is 0. The van der Waals surface area contributed by atoms with Crippen molar-refractivity contribution in [3.63, 3.8) is 0 Å². The van der Waals surface area contributed by atoms with Crippen molar-refractivity contribution in [3.05, 3.63) is 56.4 Å². The van der Waals surface area contributed by atoms with Crippen molar-refractivity contribution in [2.24, 2.45) is 0 Å². The van der Waals surface area contributed by atoms with Gasteiger partial charge in [-0.25, -0.2) is 4.79 Å².